The number of nitrogens with zero attached hydrogens (tertiary/aromatic N) is 1. The number of aryl methyl sites for hydroxylation is 1. The minimum Gasteiger partial charge on any atom is -0.329 e. The molecule has 0 aliphatic heterocycles. The number of hydrogen-bond acceptors (Lipinski definition) is 3. The number of hydrogen-bond donors (Lipinski definition) is 1. The molecule has 19 heavy (non-hydrogen) atoms. The Hall–Kier alpha value is -1.05. The van der Waals surface area contributed by atoms with E-state index in [-0.39, 0.29) is 18.8 Å². The van der Waals surface area contributed by atoms with Gasteiger partial charge in [-0.25, -0.2) is 17.2 Å². The molecule has 0 aliphatic rings. The fourth-order valence-electron chi connectivity index (χ4n) is 1.66. The molecular weight excluding hydrogens is 274 g/mol. The van der Waals surface area contributed by atoms with Gasteiger partial charge in [0.15, 0.2) is 0 Å². The van der Waals surface area contributed by atoms with E-state index in [0.717, 1.165) is 9.87 Å². The van der Waals surface area contributed by atoms with Gasteiger partial charge in [0.05, 0.1) is 12.3 Å². The maximum absolute atomic E-state index is 12.4. The Labute approximate surface area is 112 Å². The fourth-order valence-corrected chi connectivity index (χ4v) is 3.14. The average Bonchev–Trinajstić information content (AvgIpc) is 2.37. The van der Waals surface area contributed by atoms with Crippen molar-refractivity contribution in [1.29, 1.82) is 0 Å². The van der Waals surface area contributed by atoms with E-state index in [4.69, 9.17) is 5.73 Å². The van der Waals surface area contributed by atoms with Gasteiger partial charge in [-0.1, -0.05) is 30.3 Å². The summed E-state index contributed by atoms with van der Waals surface area (Å²) in [6.07, 6.45) is -2.40. The summed E-state index contributed by atoms with van der Waals surface area (Å²) in [6.45, 7) is -0.854. The third-order valence-electron chi connectivity index (χ3n) is 2.61. The van der Waals surface area contributed by atoms with E-state index in [1.807, 2.05) is 6.07 Å². The van der Waals surface area contributed by atoms with Crippen molar-refractivity contribution < 1.29 is 17.2 Å². The quantitative estimate of drug-likeness (QED) is 0.780. The van der Waals surface area contributed by atoms with Crippen LogP contribution < -0.4 is 5.73 Å². The van der Waals surface area contributed by atoms with Gasteiger partial charge in [-0.2, -0.15) is 4.31 Å². The first-order chi connectivity index (χ1) is 8.95. The van der Waals surface area contributed by atoms with E-state index in [2.05, 4.69) is 0 Å². The van der Waals surface area contributed by atoms with Gasteiger partial charge in [-0.3, -0.25) is 0 Å². The van der Waals surface area contributed by atoms with Crippen LogP contribution in [0.1, 0.15) is 5.56 Å². The third-order valence-corrected chi connectivity index (χ3v) is 4.44. The highest BCUT2D eigenvalue weighted by Gasteiger charge is 2.24. The molecular formula is C12H18F2N2O2S. The summed E-state index contributed by atoms with van der Waals surface area (Å²) in [6, 6.07) is 9.04. The molecule has 0 spiro atoms. The van der Waals surface area contributed by atoms with E-state index >= 15 is 0 Å². The summed E-state index contributed by atoms with van der Waals surface area (Å²) >= 11 is 0. The molecule has 0 bridgehead atoms. The van der Waals surface area contributed by atoms with Crippen LogP contribution in [0.25, 0.3) is 0 Å². The van der Waals surface area contributed by atoms with Crippen molar-refractivity contribution in [2.75, 3.05) is 25.4 Å². The van der Waals surface area contributed by atoms with E-state index in [9.17, 15) is 17.2 Å². The number of sulfonamides is 1. The molecule has 0 aliphatic carbocycles. The molecule has 0 amide bonds. The highest BCUT2D eigenvalue weighted by molar-refractivity contribution is 7.89. The molecule has 0 saturated heterocycles. The lowest BCUT2D eigenvalue weighted by atomic mass is 10.2. The molecule has 0 unspecified atom stereocenters. The zero-order valence-corrected chi connectivity index (χ0v) is 11.3. The van der Waals surface area contributed by atoms with Crippen molar-refractivity contribution in [2.45, 2.75) is 12.8 Å². The smallest absolute Gasteiger partial charge is 0.252 e. The molecule has 0 radical (unpaired) electrons. The van der Waals surface area contributed by atoms with E-state index in [1.165, 1.54) is 0 Å². The Morgan fingerprint density at radius 1 is 1.21 bits per heavy atom. The fraction of sp³-hybridized carbons (Fsp3) is 0.500. The number of benzene rings is 1. The highest BCUT2D eigenvalue weighted by Crippen LogP contribution is 2.09. The molecule has 1 aromatic carbocycles. The Bertz CT molecular complexity index is 466. The van der Waals surface area contributed by atoms with E-state index in [1.54, 1.807) is 24.3 Å². The first kappa shape index (κ1) is 16.0. The van der Waals surface area contributed by atoms with Gasteiger partial charge in [0.2, 0.25) is 10.0 Å². The van der Waals surface area contributed by atoms with Crippen molar-refractivity contribution in [3.05, 3.63) is 35.9 Å². The lowest BCUT2D eigenvalue weighted by molar-refractivity contribution is 0.120. The van der Waals surface area contributed by atoms with Crippen molar-refractivity contribution in [3.8, 4) is 0 Å². The van der Waals surface area contributed by atoms with Crippen LogP contribution in [0.15, 0.2) is 30.3 Å². The van der Waals surface area contributed by atoms with Gasteiger partial charge in [-0.15, -0.1) is 0 Å². The molecule has 0 fully saturated rings. The first-order valence-corrected chi connectivity index (χ1v) is 7.56. The second-order valence-corrected chi connectivity index (χ2v) is 6.18. The maximum Gasteiger partial charge on any atom is 0.252 e. The maximum atomic E-state index is 12.4. The molecule has 1 aromatic rings. The normalized spacial score (nSPS) is 12.3. The topological polar surface area (TPSA) is 63.4 Å². The van der Waals surface area contributed by atoms with Gasteiger partial charge >= 0.3 is 0 Å². The predicted molar refractivity (Wildman–Crippen MR) is 70.6 cm³/mol. The second-order valence-electron chi connectivity index (χ2n) is 4.09. The van der Waals surface area contributed by atoms with Gasteiger partial charge in [0, 0.05) is 13.1 Å². The van der Waals surface area contributed by atoms with Crippen molar-refractivity contribution in [3.63, 3.8) is 0 Å². The molecule has 1 rings (SSSR count). The Morgan fingerprint density at radius 3 is 2.37 bits per heavy atom. The predicted octanol–water partition coefficient (Wildman–Crippen LogP) is 1.08. The third kappa shape index (κ3) is 5.63. The highest BCUT2D eigenvalue weighted by atomic mass is 32.2. The zero-order chi connectivity index (χ0) is 14.3. The molecule has 0 aromatic heterocycles. The van der Waals surface area contributed by atoms with Gasteiger partial charge in [0.1, 0.15) is 0 Å². The van der Waals surface area contributed by atoms with E-state index < -0.39 is 23.0 Å². The minimum absolute atomic E-state index is 0.0251. The molecule has 2 N–H and O–H groups in total. The van der Waals surface area contributed by atoms with Crippen LogP contribution >= 0.6 is 0 Å². The molecule has 0 atom stereocenters. The Morgan fingerprint density at radius 2 is 1.84 bits per heavy atom. The van der Waals surface area contributed by atoms with Crippen LogP contribution in [-0.4, -0.2) is 44.5 Å². The summed E-state index contributed by atoms with van der Waals surface area (Å²) in [7, 11) is -3.70. The summed E-state index contributed by atoms with van der Waals surface area (Å²) in [5.41, 5.74) is 6.12. The van der Waals surface area contributed by atoms with Gasteiger partial charge < -0.3 is 5.73 Å². The van der Waals surface area contributed by atoms with Crippen LogP contribution in [-0.2, 0) is 16.4 Å². The van der Waals surface area contributed by atoms with Crippen molar-refractivity contribution >= 4 is 10.0 Å². The van der Waals surface area contributed by atoms with Crippen molar-refractivity contribution in [2.24, 2.45) is 5.73 Å². The monoisotopic (exact) mass is 292 g/mol. The van der Waals surface area contributed by atoms with Crippen molar-refractivity contribution in [1.82, 2.24) is 4.31 Å². The molecule has 7 heteroatoms. The number of alkyl halides is 2. The average molecular weight is 292 g/mol. The van der Waals surface area contributed by atoms with E-state index in [0.29, 0.717) is 6.42 Å². The second kappa shape index (κ2) is 7.52. The summed E-state index contributed by atoms with van der Waals surface area (Å²) in [5.74, 6) is -0.191. The SMILES string of the molecule is NCCN(CC(F)F)S(=O)(=O)CCc1ccccc1. The van der Waals surface area contributed by atoms with Gasteiger partial charge in [-0.05, 0) is 12.0 Å². The van der Waals surface area contributed by atoms with Gasteiger partial charge in [0.25, 0.3) is 6.43 Å². The molecule has 0 heterocycles. The zero-order valence-electron chi connectivity index (χ0n) is 10.5. The molecule has 108 valence electrons. The number of halogens is 2. The lowest BCUT2D eigenvalue weighted by Crippen LogP contribution is -2.40. The first-order valence-electron chi connectivity index (χ1n) is 5.95. The summed E-state index contributed by atoms with van der Waals surface area (Å²) in [4.78, 5) is 0. The minimum atomic E-state index is -3.70. The van der Waals surface area contributed by atoms with Crippen LogP contribution in [0.3, 0.4) is 0 Å². The lowest BCUT2D eigenvalue weighted by Gasteiger charge is -2.21. The Balaban J connectivity index is 2.66. The summed E-state index contributed by atoms with van der Waals surface area (Å²) < 4.78 is 49.4. The van der Waals surface area contributed by atoms with Crippen LogP contribution in [0.5, 0.6) is 0 Å². The standard InChI is InChI=1S/C12H18F2N2O2S/c13-12(14)10-16(8-7-15)19(17,18)9-6-11-4-2-1-3-5-11/h1-5,12H,6-10,15H2. The summed E-state index contributed by atoms with van der Waals surface area (Å²) in [5, 5.41) is 0. The number of rotatable bonds is 8. The Kier molecular flexibility index (Phi) is 6.33. The molecule has 4 nitrogen and oxygen atoms in total. The largest absolute Gasteiger partial charge is 0.329 e. The van der Waals surface area contributed by atoms with Crippen LogP contribution in [0, 0.1) is 0 Å². The van der Waals surface area contributed by atoms with Crippen LogP contribution in [0.4, 0.5) is 8.78 Å². The number of nitrogens with two attached hydrogens (primary N) is 1. The molecule has 0 saturated carbocycles. The van der Waals surface area contributed by atoms with Crippen LogP contribution in [0.2, 0.25) is 0 Å².